The van der Waals surface area contributed by atoms with Crippen LogP contribution in [-0.2, 0) is 4.74 Å². The van der Waals surface area contributed by atoms with E-state index in [0.29, 0.717) is 0 Å². The minimum atomic E-state index is 0.906. The summed E-state index contributed by atoms with van der Waals surface area (Å²) in [5.74, 6) is 1.00. The molecule has 0 spiro atoms. The number of rotatable bonds is 5. The Kier molecular flexibility index (Phi) is 4.01. The predicted molar refractivity (Wildman–Crippen MR) is 67.1 cm³/mol. The number of fused-ring (bicyclic) bond motifs is 2. The second kappa shape index (κ2) is 5.29. The molecule has 2 heteroatoms. The number of hydrogen-bond donors (Lipinski definition) is 0. The van der Waals surface area contributed by atoms with E-state index in [9.17, 15) is 0 Å². The molecule has 2 aliphatic heterocycles. The van der Waals surface area contributed by atoms with Crippen molar-refractivity contribution in [3.8, 4) is 0 Å². The van der Waals surface area contributed by atoms with Crippen LogP contribution in [0.5, 0.6) is 0 Å². The highest BCUT2D eigenvalue weighted by molar-refractivity contribution is 8.01. The molecule has 2 saturated heterocycles. The quantitative estimate of drug-likeness (QED) is 0.518. The van der Waals surface area contributed by atoms with Gasteiger partial charge in [0.15, 0.2) is 0 Å². The maximum Gasteiger partial charge on any atom is 0.0873 e. The van der Waals surface area contributed by atoms with Crippen LogP contribution in [0.25, 0.3) is 0 Å². The van der Waals surface area contributed by atoms with Gasteiger partial charge in [-0.3, -0.25) is 0 Å². The fourth-order valence-electron chi connectivity index (χ4n) is 2.70. The molecule has 1 nitrogen and oxygen atoms in total. The lowest BCUT2D eigenvalue weighted by Gasteiger charge is -2.19. The van der Waals surface area contributed by atoms with Gasteiger partial charge in [0.05, 0.1) is 12.9 Å². The first-order chi connectivity index (χ1) is 7.25. The van der Waals surface area contributed by atoms with Crippen LogP contribution in [0.3, 0.4) is 0 Å². The normalized spacial score (nSPS) is 33.1. The van der Waals surface area contributed by atoms with Crippen molar-refractivity contribution in [1.82, 2.24) is 0 Å². The van der Waals surface area contributed by atoms with E-state index in [1.54, 1.807) is 0 Å². The summed E-state index contributed by atoms with van der Waals surface area (Å²) in [6, 6.07) is 0. The molecule has 2 heterocycles. The summed E-state index contributed by atoms with van der Waals surface area (Å²) in [5, 5.41) is 2.01. The van der Waals surface area contributed by atoms with Gasteiger partial charge in [-0.2, -0.15) is 11.8 Å². The molecule has 2 aliphatic rings. The number of ether oxygens (including phenoxy) is 1. The smallest absolute Gasteiger partial charge is 0.0873 e. The monoisotopic (exact) mass is 226 g/mol. The van der Waals surface area contributed by atoms with Crippen LogP contribution in [0.15, 0.2) is 11.8 Å². The molecule has 0 saturated carbocycles. The number of thioether (sulfide) groups is 1. The molecular formula is C13H22OS. The summed E-state index contributed by atoms with van der Waals surface area (Å²) in [6.45, 7) is 5.06. The topological polar surface area (TPSA) is 9.23 Å². The van der Waals surface area contributed by atoms with Gasteiger partial charge in [-0.1, -0.05) is 0 Å². The van der Waals surface area contributed by atoms with Crippen LogP contribution in [0.2, 0.25) is 0 Å². The Labute approximate surface area is 97.7 Å². The van der Waals surface area contributed by atoms with Crippen molar-refractivity contribution in [1.29, 1.82) is 0 Å². The molecule has 2 rings (SSSR count). The SMILES string of the molecule is CC(C)=COCCCC1CC2CCC1S2. The summed E-state index contributed by atoms with van der Waals surface area (Å²) in [7, 11) is 0. The standard InChI is InChI=1S/C13H22OS/c1-10(2)9-14-7-3-4-11-8-12-5-6-13(11)15-12/h9,11-13H,3-8H2,1-2H3. The van der Waals surface area contributed by atoms with Gasteiger partial charge < -0.3 is 4.74 Å². The Bertz CT molecular complexity index is 233. The minimum absolute atomic E-state index is 0.906. The van der Waals surface area contributed by atoms with Crippen molar-refractivity contribution in [2.24, 2.45) is 5.92 Å². The average molecular weight is 226 g/mol. The predicted octanol–water partition coefficient (Wildman–Crippen LogP) is 3.99. The fraction of sp³-hybridized carbons (Fsp3) is 0.846. The van der Waals surface area contributed by atoms with Crippen LogP contribution in [0.1, 0.15) is 46.0 Å². The van der Waals surface area contributed by atoms with Crippen LogP contribution < -0.4 is 0 Å². The van der Waals surface area contributed by atoms with Crippen LogP contribution in [-0.4, -0.2) is 17.1 Å². The largest absolute Gasteiger partial charge is 0.501 e. The maximum atomic E-state index is 5.47. The van der Waals surface area contributed by atoms with Crippen molar-refractivity contribution in [3.05, 3.63) is 11.8 Å². The molecule has 0 N–H and O–H groups in total. The summed E-state index contributed by atoms with van der Waals surface area (Å²) in [5.41, 5.74) is 1.26. The lowest BCUT2D eigenvalue weighted by molar-refractivity contribution is 0.226. The van der Waals surface area contributed by atoms with E-state index < -0.39 is 0 Å². The third kappa shape index (κ3) is 3.17. The van der Waals surface area contributed by atoms with E-state index >= 15 is 0 Å². The van der Waals surface area contributed by atoms with E-state index in [1.165, 1.54) is 37.7 Å². The molecule has 3 atom stereocenters. The Morgan fingerprint density at radius 3 is 2.87 bits per heavy atom. The Morgan fingerprint density at radius 1 is 1.40 bits per heavy atom. The van der Waals surface area contributed by atoms with E-state index in [2.05, 4.69) is 25.6 Å². The zero-order valence-electron chi connectivity index (χ0n) is 9.87. The zero-order valence-corrected chi connectivity index (χ0v) is 10.7. The molecule has 0 aromatic carbocycles. The minimum Gasteiger partial charge on any atom is -0.501 e. The third-order valence-electron chi connectivity index (χ3n) is 3.39. The molecule has 2 bridgehead atoms. The van der Waals surface area contributed by atoms with Crippen molar-refractivity contribution in [3.63, 3.8) is 0 Å². The van der Waals surface area contributed by atoms with Gasteiger partial charge in [-0.25, -0.2) is 0 Å². The molecule has 0 amide bonds. The van der Waals surface area contributed by atoms with Gasteiger partial charge in [-0.05, 0) is 57.4 Å². The lowest BCUT2D eigenvalue weighted by atomic mass is 9.86. The Hall–Kier alpha value is -0.110. The van der Waals surface area contributed by atoms with E-state index in [1.807, 2.05) is 6.26 Å². The fourth-order valence-corrected chi connectivity index (χ4v) is 4.57. The first-order valence-electron chi connectivity index (χ1n) is 6.16. The summed E-state index contributed by atoms with van der Waals surface area (Å²) >= 11 is 2.26. The summed E-state index contributed by atoms with van der Waals surface area (Å²) in [4.78, 5) is 0. The molecule has 0 aromatic heterocycles. The second-order valence-corrected chi connectivity index (χ2v) is 6.62. The summed E-state index contributed by atoms with van der Waals surface area (Å²) in [6.07, 6.45) is 8.95. The van der Waals surface area contributed by atoms with Gasteiger partial charge >= 0.3 is 0 Å². The van der Waals surface area contributed by atoms with Gasteiger partial charge in [0.2, 0.25) is 0 Å². The lowest BCUT2D eigenvalue weighted by Crippen LogP contribution is -2.15. The van der Waals surface area contributed by atoms with Gasteiger partial charge in [0.1, 0.15) is 0 Å². The third-order valence-corrected chi connectivity index (χ3v) is 5.17. The van der Waals surface area contributed by atoms with Gasteiger partial charge in [0.25, 0.3) is 0 Å². The average Bonchev–Trinajstić information content (AvgIpc) is 2.78. The van der Waals surface area contributed by atoms with E-state index in [4.69, 9.17) is 4.74 Å². The Morgan fingerprint density at radius 2 is 2.27 bits per heavy atom. The van der Waals surface area contributed by atoms with Gasteiger partial charge in [0, 0.05) is 10.5 Å². The zero-order chi connectivity index (χ0) is 10.7. The maximum absolute atomic E-state index is 5.47. The molecular weight excluding hydrogens is 204 g/mol. The van der Waals surface area contributed by atoms with Gasteiger partial charge in [-0.15, -0.1) is 0 Å². The van der Waals surface area contributed by atoms with Crippen molar-refractivity contribution < 1.29 is 4.74 Å². The highest BCUT2D eigenvalue weighted by Gasteiger charge is 2.39. The Balaban J connectivity index is 1.57. The van der Waals surface area contributed by atoms with Crippen molar-refractivity contribution >= 4 is 11.8 Å². The highest BCUT2D eigenvalue weighted by atomic mass is 32.2. The van der Waals surface area contributed by atoms with Crippen LogP contribution >= 0.6 is 11.8 Å². The number of hydrogen-bond acceptors (Lipinski definition) is 2. The molecule has 15 heavy (non-hydrogen) atoms. The molecule has 0 radical (unpaired) electrons. The molecule has 86 valence electrons. The summed E-state index contributed by atoms with van der Waals surface area (Å²) < 4.78 is 5.47. The van der Waals surface area contributed by atoms with Crippen LogP contribution in [0, 0.1) is 5.92 Å². The van der Waals surface area contributed by atoms with E-state index in [-0.39, 0.29) is 0 Å². The molecule has 3 unspecified atom stereocenters. The van der Waals surface area contributed by atoms with Crippen molar-refractivity contribution in [2.75, 3.05) is 6.61 Å². The first kappa shape index (κ1) is 11.4. The highest BCUT2D eigenvalue weighted by Crippen LogP contribution is 2.50. The second-order valence-electron chi connectivity index (χ2n) is 5.08. The molecule has 0 aliphatic carbocycles. The van der Waals surface area contributed by atoms with E-state index in [0.717, 1.165) is 23.0 Å². The number of allylic oxidation sites excluding steroid dienone is 1. The molecule has 2 fully saturated rings. The molecule has 0 aromatic rings. The van der Waals surface area contributed by atoms with Crippen molar-refractivity contribution in [2.45, 2.75) is 56.5 Å². The first-order valence-corrected chi connectivity index (χ1v) is 7.10. The van der Waals surface area contributed by atoms with Crippen LogP contribution in [0.4, 0.5) is 0 Å².